The van der Waals surface area contributed by atoms with E-state index in [0.29, 0.717) is 17.4 Å². The summed E-state index contributed by atoms with van der Waals surface area (Å²) in [6.45, 7) is 4.49. The molecule has 0 amide bonds. The van der Waals surface area contributed by atoms with Gasteiger partial charge in [0.05, 0.1) is 17.5 Å². The topological polar surface area (TPSA) is 59.1 Å². The van der Waals surface area contributed by atoms with E-state index in [-0.39, 0.29) is 11.3 Å². The third-order valence-corrected chi connectivity index (χ3v) is 3.62. The van der Waals surface area contributed by atoms with Gasteiger partial charge < -0.3 is 10.5 Å². The second kappa shape index (κ2) is 6.43. The van der Waals surface area contributed by atoms with Crippen LogP contribution in [-0.4, -0.2) is 12.4 Å². The number of halogens is 2. The van der Waals surface area contributed by atoms with E-state index in [4.69, 9.17) is 27.5 Å². The fourth-order valence-electron chi connectivity index (χ4n) is 1.42. The van der Waals surface area contributed by atoms with Gasteiger partial charge in [-0.15, -0.1) is 0 Å². The van der Waals surface area contributed by atoms with Crippen molar-refractivity contribution >= 4 is 33.4 Å². The summed E-state index contributed by atoms with van der Waals surface area (Å²) < 4.78 is 6.53. The first-order valence-electron chi connectivity index (χ1n) is 5.75. The van der Waals surface area contributed by atoms with Gasteiger partial charge in [-0.3, -0.25) is 5.41 Å². The van der Waals surface area contributed by atoms with Crippen LogP contribution in [0.5, 0.6) is 5.75 Å². The molecule has 0 radical (unpaired) electrons. The molecule has 3 N–H and O–H groups in total. The minimum Gasteiger partial charge on any atom is -0.492 e. The van der Waals surface area contributed by atoms with Gasteiger partial charge in [0.15, 0.2) is 0 Å². The maximum absolute atomic E-state index is 7.47. The highest BCUT2D eigenvalue weighted by atomic mass is 79.9. The van der Waals surface area contributed by atoms with E-state index in [9.17, 15) is 0 Å². The first-order valence-corrected chi connectivity index (χ1v) is 6.92. The lowest BCUT2D eigenvalue weighted by atomic mass is 9.87. The highest BCUT2D eigenvalue weighted by Gasteiger charge is 2.20. The van der Waals surface area contributed by atoms with Crippen molar-refractivity contribution in [3.05, 3.63) is 27.7 Å². The van der Waals surface area contributed by atoms with Crippen molar-refractivity contribution in [3.8, 4) is 5.75 Å². The molecular weight excluding hydrogens is 316 g/mol. The molecule has 0 saturated heterocycles. The third-order valence-electron chi connectivity index (χ3n) is 2.83. The lowest BCUT2D eigenvalue weighted by Gasteiger charge is -2.22. The number of rotatable bonds is 6. The van der Waals surface area contributed by atoms with Crippen LogP contribution in [0.25, 0.3) is 0 Å². The van der Waals surface area contributed by atoms with Crippen LogP contribution >= 0.6 is 27.5 Å². The zero-order chi connectivity index (χ0) is 13.8. The number of nitrogens with two attached hydrogens (primary N) is 1. The Labute approximate surface area is 121 Å². The molecule has 0 bridgehead atoms. The summed E-state index contributed by atoms with van der Waals surface area (Å²) in [5.41, 5.74) is 5.25. The Bertz CT molecular complexity index is 435. The molecule has 5 heteroatoms. The molecule has 0 aliphatic heterocycles. The van der Waals surface area contributed by atoms with Crippen LogP contribution in [0.1, 0.15) is 26.7 Å². The molecule has 0 aliphatic carbocycles. The van der Waals surface area contributed by atoms with Crippen LogP contribution in [0.15, 0.2) is 22.7 Å². The largest absolute Gasteiger partial charge is 0.492 e. The van der Waals surface area contributed by atoms with Gasteiger partial charge in [0, 0.05) is 9.89 Å². The first-order chi connectivity index (χ1) is 8.33. The minimum absolute atomic E-state index is 0.212. The molecule has 0 aromatic heterocycles. The molecule has 0 heterocycles. The SMILES string of the molecule is CC(C)(CCCOc1ccc(Br)cc1Cl)C(=N)N. The molecule has 0 fully saturated rings. The normalized spacial score (nSPS) is 11.3. The summed E-state index contributed by atoms with van der Waals surface area (Å²) in [7, 11) is 0. The third kappa shape index (κ3) is 4.50. The molecule has 1 rings (SSSR count). The molecule has 1 aromatic carbocycles. The Balaban J connectivity index is 2.41. The van der Waals surface area contributed by atoms with Gasteiger partial charge in [-0.05, 0) is 31.0 Å². The van der Waals surface area contributed by atoms with Gasteiger partial charge in [0.2, 0.25) is 0 Å². The van der Waals surface area contributed by atoms with E-state index >= 15 is 0 Å². The van der Waals surface area contributed by atoms with Crippen LogP contribution in [0, 0.1) is 10.8 Å². The van der Waals surface area contributed by atoms with E-state index < -0.39 is 0 Å². The molecule has 100 valence electrons. The predicted molar refractivity (Wildman–Crippen MR) is 79.6 cm³/mol. The molecule has 0 spiro atoms. The number of benzene rings is 1. The number of hydrogen-bond acceptors (Lipinski definition) is 2. The lowest BCUT2D eigenvalue weighted by Crippen LogP contribution is -2.31. The maximum atomic E-state index is 7.47. The van der Waals surface area contributed by atoms with E-state index in [1.807, 2.05) is 26.0 Å². The minimum atomic E-state index is -0.271. The zero-order valence-corrected chi connectivity index (χ0v) is 12.9. The summed E-state index contributed by atoms with van der Waals surface area (Å²) in [5, 5.41) is 8.06. The van der Waals surface area contributed by atoms with Crippen molar-refractivity contribution in [3.63, 3.8) is 0 Å². The van der Waals surface area contributed by atoms with Crippen molar-refractivity contribution in [1.29, 1.82) is 5.41 Å². The van der Waals surface area contributed by atoms with Crippen molar-refractivity contribution in [2.45, 2.75) is 26.7 Å². The van der Waals surface area contributed by atoms with Crippen LogP contribution < -0.4 is 10.5 Å². The van der Waals surface area contributed by atoms with E-state index in [2.05, 4.69) is 15.9 Å². The highest BCUT2D eigenvalue weighted by molar-refractivity contribution is 9.10. The summed E-state index contributed by atoms with van der Waals surface area (Å²) in [5.74, 6) is 0.893. The Morgan fingerprint density at radius 3 is 2.72 bits per heavy atom. The predicted octanol–water partition coefficient (Wildman–Crippen LogP) is 4.22. The van der Waals surface area contributed by atoms with Gasteiger partial charge in [-0.25, -0.2) is 0 Å². The Morgan fingerprint density at radius 1 is 1.50 bits per heavy atom. The summed E-state index contributed by atoms with van der Waals surface area (Å²) in [6, 6.07) is 5.53. The fraction of sp³-hybridized carbons (Fsp3) is 0.462. The molecule has 18 heavy (non-hydrogen) atoms. The number of ether oxygens (including phenoxy) is 1. The Hall–Kier alpha value is -0.740. The van der Waals surface area contributed by atoms with Gasteiger partial charge in [0.1, 0.15) is 5.75 Å². The van der Waals surface area contributed by atoms with Gasteiger partial charge in [0.25, 0.3) is 0 Å². The zero-order valence-electron chi connectivity index (χ0n) is 10.6. The van der Waals surface area contributed by atoms with Crippen LogP contribution in [-0.2, 0) is 0 Å². The summed E-state index contributed by atoms with van der Waals surface area (Å²) in [6.07, 6.45) is 1.65. The van der Waals surface area contributed by atoms with Crippen LogP contribution in [0.2, 0.25) is 5.02 Å². The average molecular weight is 334 g/mol. The quantitative estimate of drug-likeness (QED) is 0.465. The van der Waals surface area contributed by atoms with Crippen LogP contribution in [0.4, 0.5) is 0 Å². The van der Waals surface area contributed by atoms with E-state index in [0.717, 1.165) is 17.3 Å². The average Bonchev–Trinajstić information content (AvgIpc) is 2.26. The summed E-state index contributed by atoms with van der Waals surface area (Å²) >= 11 is 9.38. The molecule has 0 aliphatic rings. The van der Waals surface area contributed by atoms with Crippen molar-refractivity contribution in [2.75, 3.05) is 6.61 Å². The fourth-order valence-corrected chi connectivity index (χ4v) is 2.15. The Morgan fingerprint density at radius 2 is 2.17 bits per heavy atom. The number of nitrogens with one attached hydrogen (secondary N) is 1. The lowest BCUT2D eigenvalue weighted by molar-refractivity contribution is 0.287. The molecule has 1 aromatic rings. The monoisotopic (exact) mass is 332 g/mol. The first kappa shape index (κ1) is 15.3. The molecule has 0 saturated carbocycles. The van der Waals surface area contributed by atoms with Crippen molar-refractivity contribution in [2.24, 2.45) is 11.1 Å². The van der Waals surface area contributed by atoms with E-state index in [1.54, 1.807) is 6.07 Å². The second-order valence-electron chi connectivity index (χ2n) is 4.82. The Kier molecular flexibility index (Phi) is 5.47. The standard InChI is InChI=1S/C13H18BrClN2O/c1-13(2,12(16)17)6-3-7-18-11-5-4-9(14)8-10(11)15/h4-5,8H,3,6-7H2,1-2H3,(H3,16,17). The van der Waals surface area contributed by atoms with Gasteiger partial charge in [-0.1, -0.05) is 41.4 Å². The second-order valence-corrected chi connectivity index (χ2v) is 6.15. The van der Waals surface area contributed by atoms with Crippen molar-refractivity contribution < 1.29 is 4.74 Å². The van der Waals surface area contributed by atoms with E-state index in [1.165, 1.54) is 0 Å². The summed E-state index contributed by atoms with van der Waals surface area (Å²) in [4.78, 5) is 0. The maximum Gasteiger partial charge on any atom is 0.137 e. The van der Waals surface area contributed by atoms with Crippen molar-refractivity contribution in [1.82, 2.24) is 0 Å². The smallest absolute Gasteiger partial charge is 0.137 e. The van der Waals surface area contributed by atoms with Gasteiger partial charge >= 0.3 is 0 Å². The highest BCUT2D eigenvalue weighted by Crippen LogP contribution is 2.28. The number of amidine groups is 1. The van der Waals surface area contributed by atoms with Gasteiger partial charge in [-0.2, -0.15) is 0 Å². The molecule has 3 nitrogen and oxygen atoms in total. The number of hydrogen-bond donors (Lipinski definition) is 2. The van der Waals surface area contributed by atoms with Crippen LogP contribution in [0.3, 0.4) is 0 Å². The molecule has 0 atom stereocenters. The molecule has 0 unspecified atom stereocenters. The molecular formula is C13H18BrClN2O.